The van der Waals surface area contributed by atoms with Gasteiger partial charge in [-0.15, -0.1) is 0 Å². The van der Waals surface area contributed by atoms with Crippen LogP contribution in [0, 0.1) is 0 Å². The molecule has 0 aliphatic carbocycles. The van der Waals surface area contributed by atoms with E-state index in [1.54, 1.807) is 7.11 Å². The number of aromatic nitrogens is 1. The van der Waals surface area contributed by atoms with E-state index in [1.807, 2.05) is 49.6 Å². The number of hydrogen-bond donors (Lipinski definition) is 0. The molecule has 0 amide bonds. The maximum absolute atomic E-state index is 5.31. The Bertz CT molecular complexity index is 538. The number of hydrogen-bond acceptors (Lipinski definition) is 1. The summed E-state index contributed by atoms with van der Waals surface area (Å²) in [5.41, 5.74) is 2.23. The molecule has 1 heterocycles. The standard InChI is InChI=1S/C15H16NO.HI/c1-16-12-6-5-8-14(16)11-10-13-7-3-4-9-15(13)17-2;/h3-12H,1-2H3;1H/q+1;/p-1/b11-10+;. The number of nitrogens with zero attached hydrogens (tertiary/aromatic N) is 1. The summed E-state index contributed by atoms with van der Waals surface area (Å²) in [6, 6.07) is 14.1. The van der Waals surface area contributed by atoms with Crippen LogP contribution in [0.15, 0.2) is 48.7 Å². The zero-order valence-corrected chi connectivity index (χ0v) is 12.7. The van der Waals surface area contributed by atoms with Crippen molar-refractivity contribution in [2.45, 2.75) is 0 Å². The fourth-order valence-corrected chi connectivity index (χ4v) is 1.69. The summed E-state index contributed by atoms with van der Waals surface area (Å²) in [4.78, 5) is 0. The highest BCUT2D eigenvalue weighted by atomic mass is 127. The van der Waals surface area contributed by atoms with Crippen molar-refractivity contribution in [3.05, 3.63) is 59.9 Å². The minimum absolute atomic E-state index is 0. The molecule has 2 nitrogen and oxygen atoms in total. The summed E-state index contributed by atoms with van der Waals surface area (Å²) < 4.78 is 7.38. The van der Waals surface area contributed by atoms with Crippen molar-refractivity contribution < 1.29 is 33.3 Å². The molecule has 2 rings (SSSR count). The third-order valence-corrected chi connectivity index (χ3v) is 2.67. The topological polar surface area (TPSA) is 13.1 Å². The molecule has 0 N–H and O–H groups in total. The first-order chi connectivity index (χ1) is 8.31. The smallest absolute Gasteiger partial charge is 0.204 e. The van der Waals surface area contributed by atoms with Crippen molar-refractivity contribution >= 4 is 12.2 Å². The molecule has 2 aromatic rings. The highest BCUT2D eigenvalue weighted by molar-refractivity contribution is 5.70. The molecular weight excluding hydrogens is 337 g/mol. The Morgan fingerprint density at radius 2 is 1.72 bits per heavy atom. The van der Waals surface area contributed by atoms with E-state index < -0.39 is 0 Å². The summed E-state index contributed by atoms with van der Waals surface area (Å²) in [6.45, 7) is 0. The predicted molar refractivity (Wildman–Crippen MR) is 69.5 cm³/mol. The minimum Gasteiger partial charge on any atom is -1.00 e. The summed E-state index contributed by atoms with van der Waals surface area (Å²) in [5, 5.41) is 0. The molecule has 94 valence electrons. The Labute approximate surface area is 125 Å². The molecule has 0 atom stereocenters. The van der Waals surface area contributed by atoms with Gasteiger partial charge in [0.25, 0.3) is 0 Å². The number of benzene rings is 1. The molecule has 0 saturated carbocycles. The van der Waals surface area contributed by atoms with E-state index >= 15 is 0 Å². The number of rotatable bonds is 3. The lowest BCUT2D eigenvalue weighted by atomic mass is 10.1. The second-order valence-corrected chi connectivity index (χ2v) is 3.81. The first kappa shape index (κ1) is 14.7. The van der Waals surface area contributed by atoms with Gasteiger partial charge in [-0.1, -0.05) is 18.2 Å². The maximum atomic E-state index is 5.31. The second kappa shape index (κ2) is 7.16. The fourth-order valence-electron chi connectivity index (χ4n) is 1.69. The van der Waals surface area contributed by atoms with Crippen LogP contribution in [-0.4, -0.2) is 7.11 Å². The molecule has 0 saturated heterocycles. The van der Waals surface area contributed by atoms with Crippen molar-refractivity contribution in [3.8, 4) is 5.75 Å². The highest BCUT2D eigenvalue weighted by Crippen LogP contribution is 2.19. The van der Waals surface area contributed by atoms with Gasteiger partial charge in [-0.3, -0.25) is 0 Å². The number of ether oxygens (including phenoxy) is 1. The molecule has 18 heavy (non-hydrogen) atoms. The third-order valence-electron chi connectivity index (χ3n) is 2.67. The Hall–Kier alpha value is -1.36. The molecule has 1 aromatic heterocycles. The Morgan fingerprint density at radius 1 is 1.00 bits per heavy atom. The Morgan fingerprint density at radius 3 is 2.44 bits per heavy atom. The third kappa shape index (κ3) is 3.57. The van der Waals surface area contributed by atoms with Crippen molar-refractivity contribution in [2.24, 2.45) is 7.05 Å². The number of para-hydroxylation sites is 1. The van der Waals surface area contributed by atoms with Gasteiger partial charge < -0.3 is 28.7 Å². The van der Waals surface area contributed by atoms with Gasteiger partial charge in [-0.25, -0.2) is 4.57 Å². The summed E-state index contributed by atoms with van der Waals surface area (Å²) in [6.07, 6.45) is 6.17. The molecule has 0 radical (unpaired) electrons. The van der Waals surface area contributed by atoms with Crippen LogP contribution in [-0.2, 0) is 7.05 Å². The van der Waals surface area contributed by atoms with E-state index in [9.17, 15) is 0 Å². The lowest BCUT2D eigenvalue weighted by Crippen LogP contribution is -3.00. The van der Waals surface area contributed by atoms with Crippen LogP contribution in [0.5, 0.6) is 5.75 Å². The Kier molecular flexibility index (Phi) is 5.85. The molecule has 0 unspecified atom stereocenters. The van der Waals surface area contributed by atoms with Crippen molar-refractivity contribution in [3.63, 3.8) is 0 Å². The van der Waals surface area contributed by atoms with Crippen LogP contribution in [0.4, 0.5) is 0 Å². The van der Waals surface area contributed by atoms with E-state index in [0.717, 1.165) is 17.0 Å². The van der Waals surface area contributed by atoms with E-state index in [1.165, 1.54) is 0 Å². The molecule has 0 bridgehead atoms. The van der Waals surface area contributed by atoms with Gasteiger partial charge in [0.15, 0.2) is 6.20 Å². The molecule has 0 fully saturated rings. The van der Waals surface area contributed by atoms with E-state index in [4.69, 9.17) is 4.74 Å². The van der Waals surface area contributed by atoms with Crippen molar-refractivity contribution in [1.29, 1.82) is 0 Å². The average Bonchev–Trinajstić information content (AvgIpc) is 2.38. The quantitative estimate of drug-likeness (QED) is 0.545. The first-order valence-electron chi connectivity index (χ1n) is 5.57. The molecule has 0 aliphatic rings. The van der Waals surface area contributed by atoms with Gasteiger partial charge in [-0.2, -0.15) is 0 Å². The number of pyridine rings is 1. The second-order valence-electron chi connectivity index (χ2n) is 3.81. The molecule has 3 heteroatoms. The number of aryl methyl sites for hydroxylation is 1. The molecule has 0 aliphatic heterocycles. The van der Waals surface area contributed by atoms with Gasteiger partial charge in [0, 0.05) is 23.8 Å². The largest absolute Gasteiger partial charge is 1.00 e. The van der Waals surface area contributed by atoms with Crippen LogP contribution in [0.3, 0.4) is 0 Å². The van der Waals surface area contributed by atoms with E-state index in [0.29, 0.717) is 0 Å². The van der Waals surface area contributed by atoms with Crippen molar-refractivity contribution in [2.75, 3.05) is 7.11 Å². The SMILES string of the molecule is COc1ccccc1/C=C/c1cccc[n+]1C.[I-]. The molecular formula is C15H16INO. The number of methoxy groups -OCH3 is 1. The van der Waals surface area contributed by atoms with Gasteiger partial charge >= 0.3 is 0 Å². The van der Waals surface area contributed by atoms with Crippen LogP contribution in [0.25, 0.3) is 12.2 Å². The summed E-state index contributed by atoms with van der Waals surface area (Å²) >= 11 is 0. The molecule has 1 aromatic carbocycles. The van der Waals surface area contributed by atoms with Crippen molar-refractivity contribution in [1.82, 2.24) is 0 Å². The zero-order chi connectivity index (χ0) is 12.1. The average molecular weight is 353 g/mol. The lowest BCUT2D eigenvalue weighted by molar-refractivity contribution is -0.673. The van der Waals surface area contributed by atoms with Crippen LogP contribution >= 0.6 is 0 Å². The fraction of sp³-hybridized carbons (Fsp3) is 0.133. The van der Waals surface area contributed by atoms with Gasteiger partial charge in [0.05, 0.1) is 7.11 Å². The monoisotopic (exact) mass is 353 g/mol. The summed E-state index contributed by atoms with van der Waals surface area (Å²) in [5.74, 6) is 0.891. The maximum Gasteiger partial charge on any atom is 0.204 e. The van der Waals surface area contributed by atoms with E-state index in [2.05, 4.69) is 22.8 Å². The highest BCUT2D eigenvalue weighted by Gasteiger charge is 2.01. The summed E-state index contributed by atoms with van der Waals surface area (Å²) in [7, 11) is 3.72. The van der Waals surface area contributed by atoms with Crippen LogP contribution in [0.2, 0.25) is 0 Å². The van der Waals surface area contributed by atoms with Crippen LogP contribution < -0.4 is 33.3 Å². The predicted octanol–water partition coefficient (Wildman–Crippen LogP) is -0.306. The van der Waals surface area contributed by atoms with Gasteiger partial charge in [0.2, 0.25) is 5.69 Å². The van der Waals surface area contributed by atoms with Gasteiger partial charge in [0.1, 0.15) is 12.8 Å². The van der Waals surface area contributed by atoms with E-state index in [-0.39, 0.29) is 24.0 Å². The first-order valence-corrected chi connectivity index (χ1v) is 5.57. The Balaban J connectivity index is 0.00000162. The number of halogens is 1. The van der Waals surface area contributed by atoms with Gasteiger partial charge in [-0.05, 0) is 18.2 Å². The minimum atomic E-state index is 0. The lowest BCUT2D eigenvalue weighted by Gasteiger charge is -2.02. The normalized spacial score (nSPS) is 10.1. The zero-order valence-electron chi connectivity index (χ0n) is 10.5. The molecule has 0 spiro atoms. The van der Waals surface area contributed by atoms with Crippen LogP contribution in [0.1, 0.15) is 11.3 Å².